The number of nitrogens with one attached hydrogen (secondary N) is 2. The number of aryl methyl sites for hydroxylation is 1. The van der Waals surface area contributed by atoms with Gasteiger partial charge in [-0.05, 0) is 82.3 Å². The molecule has 1 saturated carbocycles. The van der Waals surface area contributed by atoms with Crippen LogP contribution in [0.1, 0.15) is 57.0 Å². The third-order valence-corrected chi connectivity index (χ3v) is 9.87. The molecule has 0 radical (unpaired) electrons. The average Bonchev–Trinajstić information content (AvgIpc) is 3.30. The lowest BCUT2D eigenvalue weighted by atomic mass is 9.81. The molecule has 1 heterocycles. The molecule has 1 fully saturated rings. The minimum Gasteiger partial charge on any atom is -0.353 e. The lowest BCUT2D eigenvalue weighted by Crippen LogP contribution is -2.51. The number of para-hydroxylation sites is 1. The normalized spacial score (nSPS) is 20.4. The maximum absolute atomic E-state index is 13.4. The van der Waals surface area contributed by atoms with Gasteiger partial charge in [-0.15, -0.1) is 0 Å². The van der Waals surface area contributed by atoms with E-state index in [0.717, 1.165) is 24.5 Å². The van der Waals surface area contributed by atoms with Crippen LogP contribution in [0.3, 0.4) is 0 Å². The van der Waals surface area contributed by atoms with Gasteiger partial charge in [0.25, 0.3) is 0 Å². The van der Waals surface area contributed by atoms with Crippen LogP contribution >= 0.6 is 0 Å². The molecule has 4 rings (SSSR count). The highest BCUT2D eigenvalue weighted by Gasteiger charge is 2.37. The van der Waals surface area contributed by atoms with Crippen LogP contribution in [0, 0.1) is 5.92 Å². The number of alkyl halides is 3. The van der Waals surface area contributed by atoms with Gasteiger partial charge in [-0.3, -0.25) is 4.79 Å². The van der Waals surface area contributed by atoms with E-state index in [2.05, 4.69) is 34.0 Å². The van der Waals surface area contributed by atoms with E-state index in [1.54, 1.807) is 12.1 Å². The van der Waals surface area contributed by atoms with Crippen molar-refractivity contribution in [1.82, 2.24) is 20.2 Å². The van der Waals surface area contributed by atoms with Crippen molar-refractivity contribution in [2.45, 2.75) is 82.1 Å². The van der Waals surface area contributed by atoms with Crippen molar-refractivity contribution in [3.63, 3.8) is 0 Å². The number of imidazole rings is 1. The van der Waals surface area contributed by atoms with Crippen molar-refractivity contribution in [2.24, 2.45) is 5.92 Å². The van der Waals surface area contributed by atoms with Crippen LogP contribution in [-0.4, -0.2) is 60.1 Å². The van der Waals surface area contributed by atoms with Crippen molar-refractivity contribution in [3.8, 4) is 0 Å². The Labute approximate surface area is 233 Å². The Bertz CT molecular complexity index is 1430. The summed E-state index contributed by atoms with van der Waals surface area (Å²) >= 11 is 0. The number of aromatic amines is 1. The van der Waals surface area contributed by atoms with Gasteiger partial charge in [0, 0.05) is 18.1 Å². The second kappa shape index (κ2) is 11.9. The number of halogens is 3. The highest BCUT2D eigenvalue weighted by Crippen LogP contribution is 2.34. The number of rotatable bonds is 9. The van der Waals surface area contributed by atoms with E-state index in [9.17, 15) is 26.4 Å². The molecule has 1 amide bonds. The first-order valence-electron chi connectivity index (χ1n) is 13.7. The Balaban J connectivity index is 1.52. The van der Waals surface area contributed by atoms with Crippen LogP contribution < -0.4 is 5.32 Å². The molecule has 0 unspecified atom stereocenters. The van der Waals surface area contributed by atoms with Gasteiger partial charge in [0.2, 0.25) is 5.91 Å². The van der Waals surface area contributed by atoms with E-state index in [0.29, 0.717) is 12.8 Å². The number of aromatic nitrogens is 2. The Morgan fingerprint density at radius 3 is 2.48 bits per heavy atom. The first-order valence-corrected chi connectivity index (χ1v) is 15.3. The SMILES string of the molecule is CCc1ccc(S(=O)(=O)C[C@@H]2C[C@H](N(C)C(C)C)CC[C@@H]2NC(=O)Cc2nc3c(C(F)(F)F)cccc3[nH]2)cc1. The van der Waals surface area contributed by atoms with E-state index in [1.165, 1.54) is 12.1 Å². The molecule has 0 spiro atoms. The summed E-state index contributed by atoms with van der Waals surface area (Å²) in [6.45, 7) is 6.18. The Kier molecular flexibility index (Phi) is 8.94. The lowest BCUT2D eigenvalue weighted by molar-refractivity contribution is -0.136. The van der Waals surface area contributed by atoms with Crippen LogP contribution in [0.5, 0.6) is 0 Å². The van der Waals surface area contributed by atoms with Crippen molar-refractivity contribution in [3.05, 3.63) is 59.4 Å². The number of fused-ring (bicyclic) bond motifs is 1. The number of hydrogen-bond donors (Lipinski definition) is 2. The van der Waals surface area contributed by atoms with Crippen molar-refractivity contribution >= 4 is 26.8 Å². The Hall–Kier alpha value is -2.92. The predicted octanol–water partition coefficient (Wildman–Crippen LogP) is 5.15. The van der Waals surface area contributed by atoms with Gasteiger partial charge in [-0.2, -0.15) is 13.2 Å². The van der Waals surface area contributed by atoms with Gasteiger partial charge in [0.05, 0.1) is 28.1 Å². The number of sulfone groups is 1. The van der Waals surface area contributed by atoms with Crippen molar-refractivity contribution in [1.29, 1.82) is 0 Å². The predicted molar refractivity (Wildman–Crippen MR) is 149 cm³/mol. The second-order valence-corrected chi connectivity index (χ2v) is 13.0. The zero-order valence-electron chi connectivity index (χ0n) is 23.3. The van der Waals surface area contributed by atoms with E-state index in [-0.39, 0.29) is 58.0 Å². The number of H-pyrrole nitrogens is 1. The third kappa shape index (κ3) is 6.86. The van der Waals surface area contributed by atoms with Crippen LogP contribution in [-0.2, 0) is 33.6 Å². The average molecular weight is 579 g/mol. The second-order valence-electron chi connectivity index (χ2n) is 11.0. The molecule has 1 aliphatic carbocycles. The smallest absolute Gasteiger partial charge is 0.353 e. The number of amides is 1. The molecule has 2 aromatic carbocycles. The molecule has 218 valence electrons. The molecule has 11 heteroatoms. The quantitative estimate of drug-likeness (QED) is 0.366. The zero-order chi connectivity index (χ0) is 29.2. The van der Waals surface area contributed by atoms with E-state index in [4.69, 9.17) is 0 Å². The van der Waals surface area contributed by atoms with Crippen molar-refractivity contribution in [2.75, 3.05) is 12.8 Å². The standard InChI is InChI=1S/C29H37F3N4O3S/c1-5-19-9-12-22(13-10-19)40(38,39)17-20-15-21(36(4)18(2)3)11-14-24(20)34-27(37)16-26-33-25-8-6-7-23(28(25)35-26)29(30,31)32/h6-10,12-13,18,20-21,24H,5,11,14-17H2,1-4H3,(H,33,35)(H,34,37)/t20-,21+,24-/m0/s1. The van der Waals surface area contributed by atoms with E-state index >= 15 is 0 Å². The molecule has 3 atom stereocenters. The molecule has 2 N–H and O–H groups in total. The summed E-state index contributed by atoms with van der Waals surface area (Å²) in [6, 6.07) is 10.7. The van der Waals surface area contributed by atoms with Crippen molar-refractivity contribution < 1.29 is 26.4 Å². The number of carbonyl (C=O) groups excluding carboxylic acids is 1. The third-order valence-electron chi connectivity index (χ3n) is 8.01. The number of carbonyl (C=O) groups is 1. The molecule has 0 aliphatic heterocycles. The largest absolute Gasteiger partial charge is 0.418 e. The minimum atomic E-state index is -4.56. The lowest BCUT2D eigenvalue weighted by Gasteiger charge is -2.41. The number of nitrogens with zero attached hydrogens (tertiary/aromatic N) is 2. The first kappa shape index (κ1) is 30.0. The van der Waals surface area contributed by atoms with Crippen LogP contribution in [0.25, 0.3) is 11.0 Å². The number of hydrogen-bond acceptors (Lipinski definition) is 5. The molecule has 1 aliphatic rings. The van der Waals surface area contributed by atoms with Gasteiger partial charge in [-0.1, -0.05) is 25.1 Å². The summed E-state index contributed by atoms with van der Waals surface area (Å²) < 4.78 is 67.0. The Morgan fingerprint density at radius 1 is 1.15 bits per heavy atom. The zero-order valence-corrected chi connectivity index (χ0v) is 24.1. The van der Waals surface area contributed by atoms with Gasteiger partial charge < -0.3 is 15.2 Å². The van der Waals surface area contributed by atoms with Crippen LogP contribution in [0.4, 0.5) is 13.2 Å². The van der Waals surface area contributed by atoms with Gasteiger partial charge in [0.15, 0.2) is 9.84 Å². The highest BCUT2D eigenvalue weighted by molar-refractivity contribution is 7.91. The van der Waals surface area contributed by atoms with Gasteiger partial charge in [0.1, 0.15) is 11.3 Å². The summed E-state index contributed by atoms with van der Waals surface area (Å²) in [5.41, 5.74) is 0.159. The molecular weight excluding hydrogens is 541 g/mol. The molecule has 7 nitrogen and oxygen atoms in total. The number of benzene rings is 2. The summed E-state index contributed by atoms with van der Waals surface area (Å²) in [6.07, 6.45) is -2.00. The van der Waals surface area contributed by atoms with Crippen LogP contribution in [0.15, 0.2) is 47.4 Å². The summed E-state index contributed by atoms with van der Waals surface area (Å²) in [4.78, 5) is 22.4. The molecule has 40 heavy (non-hydrogen) atoms. The topological polar surface area (TPSA) is 95.2 Å². The molecule has 3 aromatic rings. The molecule has 1 aromatic heterocycles. The minimum absolute atomic E-state index is 0.106. The summed E-state index contributed by atoms with van der Waals surface area (Å²) in [5, 5.41) is 2.98. The van der Waals surface area contributed by atoms with Gasteiger partial charge in [-0.25, -0.2) is 13.4 Å². The fourth-order valence-corrected chi connectivity index (χ4v) is 7.20. The Morgan fingerprint density at radius 2 is 1.85 bits per heavy atom. The van der Waals surface area contributed by atoms with E-state index < -0.39 is 27.5 Å². The van der Waals surface area contributed by atoms with E-state index in [1.807, 2.05) is 26.1 Å². The molecule has 0 bridgehead atoms. The summed E-state index contributed by atoms with van der Waals surface area (Å²) in [7, 11) is -1.58. The maximum Gasteiger partial charge on any atom is 0.418 e. The highest BCUT2D eigenvalue weighted by atomic mass is 32.2. The monoisotopic (exact) mass is 578 g/mol. The molecule has 0 saturated heterocycles. The molecular formula is C29H37F3N4O3S. The first-order chi connectivity index (χ1) is 18.8. The maximum atomic E-state index is 13.4. The van der Waals surface area contributed by atoms with Gasteiger partial charge >= 0.3 is 6.18 Å². The fraction of sp³-hybridized carbons (Fsp3) is 0.517. The van der Waals surface area contributed by atoms with Crippen LogP contribution in [0.2, 0.25) is 0 Å². The summed E-state index contributed by atoms with van der Waals surface area (Å²) in [5.74, 6) is -0.723. The fourth-order valence-electron chi connectivity index (χ4n) is 5.52.